The summed E-state index contributed by atoms with van der Waals surface area (Å²) >= 11 is 7.01. The minimum atomic E-state index is -0.214. The van der Waals surface area contributed by atoms with Crippen molar-refractivity contribution in [2.45, 2.75) is 13.0 Å². The molecule has 4 heteroatoms. The van der Waals surface area contributed by atoms with Crippen molar-refractivity contribution < 1.29 is 4.39 Å². The van der Waals surface area contributed by atoms with E-state index in [0.29, 0.717) is 0 Å². The van der Waals surface area contributed by atoms with Crippen LogP contribution in [0.25, 0.3) is 0 Å². The second-order valence-corrected chi connectivity index (χ2v) is 5.98. The van der Waals surface area contributed by atoms with E-state index in [9.17, 15) is 4.39 Å². The Morgan fingerprint density at radius 1 is 1.16 bits per heavy atom. The number of hydrogen-bond acceptors (Lipinski definition) is 1. The summed E-state index contributed by atoms with van der Waals surface area (Å²) in [7, 11) is 0. The summed E-state index contributed by atoms with van der Waals surface area (Å²) < 4.78 is 15.4. The van der Waals surface area contributed by atoms with Gasteiger partial charge in [-0.25, -0.2) is 4.39 Å². The molecule has 1 nitrogen and oxygen atoms in total. The van der Waals surface area contributed by atoms with Crippen LogP contribution in [0.1, 0.15) is 24.1 Å². The van der Waals surface area contributed by atoms with Gasteiger partial charge in [0, 0.05) is 8.95 Å². The predicted molar refractivity (Wildman–Crippen MR) is 83.8 cm³/mol. The van der Waals surface area contributed by atoms with Crippen molar-refractivity contribution in [1.29, 1.82) is 0 Å². The van der Waals surface area contributed by atoms with Crippen LogP contribution < -0.4 is 5.32 Å². The van der Waals surface area contributed by atoms with Crippen molar-refractivity contribution in [2.75, 3.05) is 6.54 Å². The third-order valence-electron chi connectivity index (χ3n) is 2.86. The Morgan fingerprint density at radius 2 is 1.95 bits per heavy atom. The van der Waals surface area contributed by atoms with Gasteiger partial charge in [-0.3, -0.25) is 0 Å². The van der Waals surface area contributed by atoms with E-state index in [-0.39, 0.29) is 11.9 Å². The van der Waals surface area contributed by atoms with Crippen LogP contribution in [0.4, 0.5) is 4.39 Å². The van der Waals surface area contributed by atoms with Gasteiger partial charge in [-0.15, -0.1) is 0 Å². The molecule has 0 aliphatic carbocycles. The van der Waals surface area contributed by atoms with E-state index in [1.54, 1.807) is 12.1 Å². The SMILES string of the molecule is CCNC(c1cccc(F)c1)c1ccc(Br)cc1Br. The second kappa shape index (κ2) is 6.64. The normalized spacial score (nSPS) is 12.4. The average Bonchev–Trinajstić information content (AvgIpc) is 2.37. The molecule has 0 aliphatic rings. The van der Waals surface area contributed by atoms with Crippen LogP contribution in [0.5, 0.6) is 0 Å². The molecule has 1 N–H and O–H groups in total. The maximum Gasteiger partial charge on any atom is 0.123 e. The molecule has 0 radical (unpaired) electrons. The molecule has 19 heavy (non-hydrogen) atoms. The molecule has 0 spiro atoms. The summed E-state index contributed by atoms with van der Waals surface area (Å²) in [5.74, 6) is -0.214. The molecule has 0 saturated carbocycles. The van der Waals surface area contributed by atoms with E-state index in [2.05, 4.69) is 37.2 Å². The quantitative estimate of drug-likeness (QED) is 0.775. The van der Waals surface area contributed by atoms with Crippen molar-refractivity contribution in [3.05, 3.63) is 68.4 Å². The van der Waals surface area contributed by atoms with Crippen molar-refractivity contribution in [1.82, 2.24) is 5.32 Å². The first kappa shape index (κ1) is 14.7. The maximum atomic E-state index is 13.4. The Balaban J connectivity index is 2.45. The molecule has 0 amide bonds. The van der Waals surface area contributed by atoms with Gasteiger partial charge in [-0.05, 0) is 41.9 Å². The van der Waals surface area contributed by atoms with Crippen LogP contribution in [0.2, 0.25) is 0 Å². The summed E-state index contributed by atoms with van der Waals surface area (Å²) in [5, 5.41) is 3.39. The maximum absolute atomic E-state index is 13.4. The molecular formula is C15H14Br2FN. The fraction of sp³-hybridized carbons (Fsp3) is 0.200. The summed E-state index contributed by atoms with van der Waals surface area (Å²) in [6, 6.07) is 12.7. The number of rotatable bonds is 4. The number of nitrogens with one attached hydrogen (secondary N) is 1. The highest BCUT2D eigenvalue weighted by atomic mass is 79.9. The molecule has 0 aliphatic heterocycles. The van der Waals surface area contributed by atoms with E-state index >= 15 is 0 Å². The van der Waals surface area contributed by atoms with Crippen molar-refractivity contribution >= 4 is 31.9 Å². The van der Waals surface area contributed by atoms with E-state index in [1.807, 2.05) is 31.2 Å². The molecule has 0 fully saturated rings. The van der Waals surface area contributed by atoms with Gasteiger partial charge < -0.3 is 5.32 Å². The van der Waals surface area contributed by atoms with Gasteiger partial charge in [0.2, 0.25) is 0 Å². The highest BCUT2D eigenvalue weighted by Crippen LogP contribution is 2.31. The number of halogens is 3. The molecular weight excluding hydrogens is 373 g/mol. The zero-order chi connectivity index (χ0) is 13.8. The van der Waals surface area contributed by atoms with Crippen LogP contribution in [0, 0.1) is 5.82 Å². The first-order valence-electron chi connectivity index (χ1n) is 6.05. The lowest BCUT2D eigenvalue weighted by atomic mass is 9.98. The third kappa shape index (κ3) is 3.65. The molecule has 2 aromatic rings. The highest BCUT2D eigenvalue weighted by Gasteiger charge is 2.16. The highest BCUT2D eigenvalue weighted by molar-refractivity contribution is 9.11. The van der Waals surface area contributed by atoms with Gasteiger partial charge in [0.15, 0.2) is 0 Å². The van der Waals surface area contributed by atoms with Gasteiger partial charge in [-0.1, -0.05) is 57.0 Å². The lowest BCUT2D eigenvalue weighted by Crippen LogP contribution is -2.22. The smallest absolute Gasteiger partial charge is 0.123 e. The van der Waals surface area contributed by atoms with Crippen molar-refractivity contribution in [3.63, 3.8) is 0 Å². The minimum Gasteiger partial charge on any atom is -0.306 e. The molecule has 100 valence electrons. The molecule has 0 aromatic heterocycles. The molecule has 2 rings (SSSR count). The fourth-order valence-corrected chi connectivity index (χ4v) is 3.31. The van der Waals surface area contributed by atoms with E-state index in [0.717, 1.165) is 26.6 Å². The topological polar surface area (TPSA) is 12.0 Å². The van der Waals surface area contributed by atoms with Crippen LogP contribution in [0.15, 0.2) is 51.4 Å². The van der Waals surface area contributed by atoms with Crippen LogP contribution in [-0.2, 0) is 0 Å². The standard InChI is InChI=1S/C15H14Br2FN/c1-2-19-15(10-4-3-5-12(18)8-10)13-7-6-11(16)9-14(13)17/h3-9,15,19H,2H2,1H3. The molecule has 1 unspecified atom stereocenters. The van der Waals surface area contributed by atoms with E-state index in [4.69, 9.17) is 0 Å². The van der Waals surface area contributed by atoms with Gasteiger partial charge in [0.25, 0.3) is 0 Å². The van der Waals surface area contributed by atoms with Crippen molar-refractivity contribution in [3.8, 4) is 0 Å². The Kier molecular flexibility index (Phi) is 5.13. The molecule has 1 atom stereocenters. The van der Waals surface area contributed by atoms with E-state index in [1.165, 1.54) is 6.07 Å². The van der Waals surface area contributed by atoms with Crippen LogP contribution in [0.3, 0.4) is 0 Å². The van der Waals surface area contributed by atoms with Crippen molar-refractivity contribution in [2.24, 2.45) is 0 Å². The van der Waals surface area contributed by atoms with Gasteiger partial charge in [0.1, 0.15) is 5.82 Å². The lowest BCUT2D eigenvalue weighted by molar-refractivity contribution is 0.602. The summed E-state index contributed by atoms with van der Waals surface area (Å²) in [4.78, 5) is 0. The Morgan fingerprint density at radius 3 is 2.58 bits per heavy atom. The first-order valence-corrected chi connectivity index (χ1v) is 7.64. The van der Waals surface area contributed by atoms with Gasteiger partial charge in [-0.2, -0.15) is 0 Å². The average molecular weight is 387 g/mol. The Hall–Kier alpha value is -0.710. The Labute approximate surface area is 129 Å². The minimum absolute atomic E-state index is 0.0248. The largest absolute Gasteiger partial charge is 0.306 e. The third-order valence-corrected chi connectivity index (χ3v) is 4.04. The summed E-state index contributed by atoms with van der Waals surface area (Å²) in [6.45, 7) is 2.85. The molecule has 0 bridgehead atoms. The molecule has 2 aromatic carbocycles. The van der Waals surface area contributed by atoms with Gasteiger partial charge in [0.05, 0.1) is 6.04 Å². The van der Waals surface area contributed by atoms with Crippen LogP contribution in [-0.4, -0.2) is 6.54 Å². The zero-order valence-electron chi connectivity index (χ0n) is 10.5. The van der Waals surface area contributed by atoms with Crippen LogP contribution >= 0.6 is 31.9 Å². The monoisotopic (exact) mass is 385 g/mol. The van der Waals surface area contributed by atoms with E-state index < -0.39 is 0 Å². The molecule has 0 heterocycles. The predicted octanol–water partition coefficient (Wildman–Crippen LogP) is 5.05. The first-order chi connectivity index (χ1) is 9.11. The summed E-state index contributed by atoms with van der Waals surface area (Å²) in [5.41, 5.74) is 2.01. The molecule has 0 saturated heterocycles. The van der Waals surface area contributed by atoms with Gasteiger partial charge >= 0.3 is 0 Å². The second-order valence-electron chi connectivity index (χ2n) is 4.21. The lowest BCUT2D eigenvalue weighted by Gasteiger charge is -2.20. The summed E-state index contributed by atoms with van der Waals surface area (Å²) in [6.07, 6.45) is 0. The number of hydrogen-bond donors (Lipinski definition) is 1. The fourth-order valence-electron chi connectivity index (χ4n) is 2.03. The number of benzene rings is 2. The zero-order valence-corrected chi connectivity index (χ0v) is 13.6. The Bertz CT molecular complexity index is 572.